The van der Waals surface area contributed by atoms with Crippen LogP contribution in [0, 0.1) is 40.4 Å². The van der Waals surface area contributed by atoms with Gasteiger partial charge < -0.3 is 0 Å². The fourth-order valence-corrected chi connectivity index (χ4v) is 8.22. The highest BCUT2D eigenvalue weighted by Gasteiger charge is 2.58. The highest BCUT2D eigenvalue weighted by molar-refractivity contribution is 6.11. The van der Waals surface area contributed by atoms with Crippen molar-refractivity contribution in [3.05, 3.63) is 11.6 Å². The van der Waals surface area contributed by atoms with Crippen molar-refractivity contribution in [2.45, 2.75) is 111 Å². The van der Waals surface area contributed by atoms with E-state index in [1.165, 1.54) is 77.0 Å². The molecule has 7 atom stereocenters. The Balaban J connectivity index is 1.46. The molecule has 27 heavy (non-hydrogen) atoms. The maximum Gasteiger partial charge on any atom is 0.0703 e. The van der Waals surface area contributed by atoms with Crippen LogP contribution in [0.3, 0.4) is 0 Å². The summed E-state index contributed by atoms with van der Waals surface area (Å²) < 4.78 is 0. The minimum atomic E-state index is 0.427. The Kier molecular flexibility index (Phi) is 5.63. The smallest absolute Gasteiger partial charge is 0.0703 e. The molecule has 0 nitrogen and oxygen atoms in total. The molecule has 3 saturated carbocycles. The Hall–Kier alpha value is -0.195. The molecule has 0 saturated heterocycles. The van der Waals surface area contributed by atoms with Crippen molar-refractivity contribution >= 4 is 7.85 Å². The second kappa shape index (κ2) is 7.57. The van der Waals surface area contributed by atoms with E-state index in [9.17, 15) is 0 Å². The van der Waals surface area contributed by atoms with Gasteiger partial charge in [-0.15, -0.1) is 0 Å². The van der Waals surface area contributed by atoms with Crippen molar-refractivity contribution < 1.29 is 0 Å². The lowest BCUT2D eigenvalue weighted by atomic mass is 9.46. The quantitative estimate of drug-likeness (QED) is 0.265. The van der Waals surface area contributed by atoms with Gasteiger partial charge in [-0.2, -0.15) is 0 Å². The van der Waals surface area contributed by atoms with Gasteiger partial charge >= 0.3 is 0 Å². The molecule has 0 spiro atoms. The molecule has 0 aromatic rings. The van der Waals surface area contributed by atoms with Crippen LogP contribution in [0.25, 0.3) is 0 Å². The molecule has 3 fully saturated rings. The average Bonchev–Trinajstić information content (AvgIpc) is 2.96. The molecule has 4 rings (SSSR count). The van der Waals surface area contributed by atoms with Gasteiger partial charge in [0.15, 0.2) is 0 Å². The Morgan fingerprint density at radius 1 is 1.04 bits per heavy atom. The van der Waals surface area contributed by atoms with Crippen molar-refractivity contribution in [3.63, 3.8) is 0 Å². The number of rotatable bonds is 5. The van der Waals surface area contributed by atoms with Gasteiger partial charge in [-0.25, -0.2) is 0 Å². The van der Waals surface area contributed by atoms with Gasteiger partial charge in [-0.3, -0.25) is 0 Å². The predicted octanol–water partition coefficient (Wildman–Crippen LogP) is 7.74. The molecule has 0 heterocycles. The molecule has 0 aliphatic heterocycles. The summed E-state index contributed by atoms with van der Waals surface area (Å²) >= 11 is 0. The van der Waals surface area contributed by atoms with Crippen molar-refractivity contribution in [2.24, 2.45) is 40.4 Å². The van der Waals surface area contributed by atoms with E-state index in [0.29, 0.717) is 16.6 Å². The summed E-state index contributed by atoms with van der Waals surface area (Å²) in [5.41, 5.74) is 2.87. The highest BCUT2D eigenvalue weighted by atomic mass is 14.6. The van der Waals surface area contributed by atoms with E-state index in [4.69, 9.17) is 7.85 Å². The topological polar surface area (TPSA) is 0 Å². The molecule has 2 radical (unpaired) electrons. The maximum absolute atomic E-state index is 6.33. The lowest BCUT2D eigenvalue weighted by Gasteiger charge is -2.58. The van der Waals surface area contributed by atoms with Crippen LogP contribution >= 0.6 is 0 Å². The first-order valence-electron chi connectivity index (χ1n) is 12.3. The van der Waals surface area contributed by atoms with Crippen LogP contribution in [0.2, 0.25) is 5.82 Å². The zero-order chi connectivity index (χ0) is 19.2. The first-order chi connectivity index (χ1) is 12.8. The molecular weight excluding hydrogens is 323 g/mol. The SMILES string of the molecule is [B][C@H]1CC[C@@]2(C)C(=CCC3C4CCC(CCCCC(C)C)[C@@]4(C)CCC32)C1. The van der Waals surface area contributed by atoms with Crippen LogP contribution in [-0.2, 0) is 0 Å². The van der Waals surface area contributed by atoms with Crippen LogP contribution in [0.5, 0.6) is 0 Å². The average molecular weight is 366 g/mol. The van der Waals surface area contributed by atoms with Gasteiger partial charge in [0, 0.05) is 0 Å². The summed E-state index contributed by atoms with van der Waals surface area (Å²) in [6.45, 7) is 10.1. The normalized spacial score (nSPS) is 46.6. The fraction of sp³-hybridized carbons (Fsp3) is 0.923. The van der Waals surface area contributed by atoms with Gasteiger partial charge in [0.1, 0.15) is 0 Å². The zero-order valence-corrected chi connectivity index (χ0v) is 18.6. The molecule has 0 bridgehead atoms. The van der Waals surface area contributed by atoms with Gasteiger partial charge in [0.05, 0.1) is 7.85 Å². The third-order valence-corrected chi connectivity index (χ3v) is 9.92. The van der Waals surface area contributed by atoms with E-state index in [-0.39, 0.29) is 0 Å². The summed E-state index contributed by atoms with van der Waals surface area (Å²) in [6, 6.07) is 0. The second-order valence-electron chi connectivity index (χ2n) is 11.8. The lowest BCUT2D eigenvalue weighted by molar-refractivity contribution is -0.0424. The van der Waals surface area contributed by atoms with Gasteiger partial charge in [-0.1, -0.05) is 70.8 Å². The Labute approximate surface area is 170 Å². The molecular formula is C26H43B. The first-order valence-corrected chi connectivity index (χ1v) is 12.3. The van der Waals surface area contributed by atoms with Crippen molar-refractivity contribution in [1.82, 2.24) is 0 Å². The third kappa shape index (κ3) is 3.48. The Bertz CT molecular complexity index is 563. The molecule has 4 unspecified atom stereocenters. The van der Waals surface area contributed by atoms with Crippen LogP contribution in [0.4, 0.5) is 0 Å². The lowest BCUT2D eigenvalue weighted by Crippen LogP contribution is -2.49. The Morgan fingerprint density at radius 2 is 1.85 bits per heavy atom. The number of fused-ring (bicyclic) bond motifs is 5. The van der Waals surface area contributed by atoms with Crippen LogP contribution in [-0.4, -0.2) is 7.85 Å². The first kappa shape index (κ1) is 20.1. The van der Waals surface area contributed by atoms with Crippen LogP contribution < -0.4 is 0 Å². The zero-order valence-electron chi connectivity index (χ0n) is 18.6. The molecule has 0 aromatic heterocycles. The predicted molar refractivity (Wildman–Crippen MR) is 118 cm³/mol. The van der Waals surface area contributed by atoms with Crippen molar-refractivity contribution in [1.29, 1.82) is 0 Å². The molecule has 4 aliphatic carbocycles. The standard InChI is InChI=1S/C26H43B/c1-18(2)7-5-6-8-19-10-12-23-22-11-9-20-17-21(27)13-15-26(20,4)24(22)14-16-25(19,23)3/h9,18-19,21-24H,5-8,10-17H2,1-4H3/t19?,21-,22?,23?,24?,25+,26-/m0/s1. The summed E-state index contributed by atoms with van der Waals surface area (Å²) in [7, 11) is 6.33. The van der Waals surface area contributed by atoms with Crippen LogP contribution in [0.1, 0.15) is 105 Å². The van der Waals surface area contributed by atoms with E-state index in [1.54, 1.807) is 5.57 Å². The summed E-state index contributed by atoms with van der Waals surface area (Å²) in [5, 5.41) is 0. The van der Waals surface area contributed by atoms with Gasteiger partial charge in [0.25, 0.3) is 0 Å². The minimum Gasteiger partial charge on any atom is -0.0845 e. The number of hydrogen-bond acceptors (Lipinski definition) is 0. The summed E-state index contributed by atoms with van der Waals surface area (Å²) in [4.78, 5) is 0. The highest BCUT2D eigenvalue weighted by Crippen LogP contribution is 2.67. The molecule has 4 aliphatic rings. The number of hydrogen-bond donors (Lipinski definition) is 0. The van der Waals surface area contributed by atoms with Crippen LogP contribution in [0.15, 0.2) is 11.6 Å². The van der Waals surface area contributed by atoms with Crippen molar-refractivity contribution in [3.8, 4) is 0 Å². The third-order valence-electron chi connectivity index (χ3n) is 9.92. The Morgan fingerprint density at radius 3 is 2.63 bits per heavy atom. The molecule has 150 valence electrons. The van der Waals surface area contributed by atoms with E-state index in [0.717, 1.165) is 29.6 Å². The monoisotopic (exact) mass is 366 g/mol. The van der Waals surface area contributed by atoms with Crippen molar-refractivity contribution in [2.75, 3.05) is 0 Å². The minimum absolute atomic E-state index is 0.427. The number of allylic oxidation sites excluding steroid dienone is 2. The van der Waals surface area contributed by atoms with E-state index >= 15 is 0 Å². The fourth-order valence-electron chi connectivity index (χ4n) is 8.22. The molecule has 0 amide bonds. The summed E-state index contributed by atoms with van der Waals surface area (Å²) in [6.07, 6.45) is 19.7. The van der Waals surface area contributed by atoms with E-state index < -0.39 is 0 Å². The maximum atomic E-state index is 6.33. The number of unbranched alkanes of at least 4 members (excludes halogenated alkanes) is 1. The molecule has 0 N–H and O–H groups in total. The van der Waals surface area contributed by atoms with Gasteiger partial charge in [-0.05, 0) is 91.8 Å². The molecule has 0 aromatic carbocycles. The second-order valence-corrected chi connectivity index (χ2v) is 11.8. The van der Waals surface area contributed by atoms with E-state index in [2.05, 4.69) is 33.8 Å². The largest absolute Gasteiger partial charge is 0.0845 e. The van der Waals surface area contributed by atoms with Gasteiger partial charge in [0.2, 0.25) is 0 Å². The van der Waals surface area contributed by atoms with E-state index in [1.807, 2.05) is 0 Å². The summed E-state index contributed by atoms with van der Waals surface area (Å²) in [5.74, 6) is 5.22. The molecule has 1 heteroatoms.